The Morgan fingerprint density at radius 2 is 2.50 bits per heavy atom. The molecule has 1 aliphatic heterocycles. The first-order valence-corrected chi connectivity index (χ1v) is 5.42. The van der Waals surface area contributed by atoms with Crippen molar-refractivity contribution in [1.82, 2.24) is 9.78 Å². The predicted octanol–water partition coefficient (Wildman–Crippen LogP) is 2.16. The third kappa shape index (κ3) is 1.88. The van der Waals surface area contributed by atoms with E-state index in [1.807, 2.05) is 0 Å². The summed E-state index contributed by atoms with van der Waals surface area (Å²) in [5.74, 6) is 0. The van der Waals surface area contributed by atoms with Crippen molar-refractivity contribution >= 4 is 22.2 Å². The molecule has 1 aliphatic rings. The molecule has 0 saturated carbocycles. The highest BCUT2D eigenvalue weighted by molar-refractivity contribution is 9.10. The topological polar surface area (TPSA) is 44.1 Å². The van der Waals surface area contributed by atoms with Crippen molar-refractivity contribution in [3.05, 3.63) is 16.4 Å². The summed E-state index contributed by atoms with van der Waals surface area (Å²) in [4.78, 5) is 10.5. The van der Waals surface area contributed by atoms with Crippen LogP contribution in [-0.4, -0.2) is 22.7 Å². The van der Waals surface area contributed by atoms with Crippen molar-refractivity contribution in [2.45, 2.75) is 25.5 Å². The Bertz CT molecular complexity index is 332. The molecule has 1 aromatic heterocycles. The lowest BCUT2D eigenvalue weighted by Crippen LogP contribution is -2.19. The lowest BCUT2D eigenvalue weighted by Gasteiger charge is -2.23. The molecule has 4 nitrogen and oxygen atoms in total. The first kappa shape index (κ1) is 9.86. The van der Waals surface area contributed by atoms with E-state index in [1.165, 1.54) is 0 Å². The molecule has 1 aromatic rings. The van der Waals surface area contributed by atoms with E-state index in [2.05, 4.69) is 21.0 Å². The Kier molecular flexibility index (Phi) is 2.98. The molecule has 0 aliphatic carbocycles. The highest BCUT2D eigenvalue weighted by atomic mass is 79.9. The molecule has 0 bridgehead atoms. The minimum absolute atomic E-state index is 0.0215. The summed E-state index contributed by atoms with van der Waals surface area (Å²) in [7, 11) is 0. The Hall–Kier alpha value is -0.680. The summed E-state index contributed by atoms with van der Waals surface area (Å²) < 4.78 is 8.08. The van der Waals surface area contributed by atoms with E-state index >= 15 is 0 Å². The maximum absolute atomic E-state index is 10.5. The number of halogens is 1. The van der Waals surface area contributed by atoms with E-state index in [9.17, 15) is 4.79 Å². The van der Waals surface area contributed by atoms with Crippen LogP contribution in [0.25, 0.3) is 0 Å². The van der Waals surface area contributed by atoms with E-state index in [4.69, 9.17) is 4.74 Å². The zero-order chi connectivity index (χ0) is 9.97. The van der Waals surface area contributed by atoms with Crippen molar-refractivity contribution in [3.63, 3.8) is 0 Å². The normalized spacial score (nSPS) is 22.2. The summed E-state index contributed by atoms with van der Waals surface area (Å²) in [5.41, 5.74) is 0.436. The molecule has 0 aromatic carbocycles. The van der Waals surface area contributed by atoms with Gasteiger partial charge in [-0.1, -0.05) is 0 Å². The Labute approximate surface area is 90.4 Å². The zero-order valence-electron chi connectivity index (χ0n) is 7.65. The van der Waals surface area contributed by atoms with Crippen LogP contribution in [0.5, 0.6) is 0 Å². The molecule has 1 saturated heterocycles. The number of ether oxygens (including phenoxy) is 1. The number of hydrogen-bond donors (Lipinski definition) is 0. The van der Waals surface area contributed by atoms with E-state index in [-0.39, 0.29) is 6.23 Å². The quantitative estimate of drug-likeness (QED) is 0.764. The van der Waals surface area contributed by atoms with Gasteiger partial charge in [0.25, 0.3) is 0 Å². The lowest BCUT2D eigenvalue weighted by atomic mass is 10.2. The summed E-state index contributed by atoms with van der Waals surface area (Å²) in [5, 5.41) is 4.13. The number of carbonyl (C=O) groups excluding carboxylic acids is 1. The number of carbonyl (C=O) groups is 1. The molecule has 5 heteroatoms. The van der Waals surface area contributed by atoms with E-state index in [1.54, 1.807) is 10.7 Å². The van der Waals surface area contributed by atoms with Crippen LogP contribution in [0.2, 0.25) is 0 Å². The number of hydrogen-bond acceptors (Lipinski definition) is 3. The van der Waals surface area contributed by atoms with Crippen LogP contribution in [0.3, 0.4) is 0 Å². The van der Waals surface area contributed by atoms with Gasteiger partial charge in [-0.2, -0.15) is 5.10 Å². The molecule has 1 unspecified atom stereocenters. The number of rotatable bonds is 2. The summed E-state index contributed by atoms with van der Waals surface area (Å²) >= 11 is 3.36. The van der Waals surface area contributed by atoms with Crippen LogP contribution < -0.4 is 0 Å². The monoisotopic (exact) mass is 258 g/mol. The molecule has 0 N–H and O–H groups in total. The maximum Gasteiger partial charge on any atom is 0.170 e. The number of aromatic nitrogens is 2. The van der Waals surface area contributed by atoms with Crippen molar-refractivity contribution in [1.29, 1.82) is 0 Å². The van der Waals surface area contributed by atoms with Gasteiger partial charge >= 0.3 is 0 Å². The van der Waals surface area contributed by atoms with Crippen molar-refractivity contribution in [3.8, 4) is 0 Å². The molecule has 1 atom stereocenters. The second-order valence-corrected chi connectivity index (χ2v) is 4.09. The van der Waals surface area contributed by atoms with Gasteiger partial charge in [0.1, 0.15) is 10.3 Å². The molecule has 76 valence electrons. The zero-order valence-corrected chi connectivity index (χ0v) is 9.24. The van der Waals surface area contributed by atoms with E-state index in [0.717, 1.165) is 36.8 Å². The van der Waals surface area contributed by atoms with Crippen molar-refractivity contribution in [2.24, 2.45) is 0 Å². The molecule has 1 fully saturated rings. The fourth-order valence-corrected chi connectivity index (χ4v) is 2.11. The van der Waals surface area contributed by atoms with Crippen molar-refractivity contribution in [2.75, 3.05) is 6.61 Å². The third-order valence-corrected chi connectivity index (χ3v) is 2.85. The Morgan fingerprint density at radius 3 is 3.07 bits per heavy atom. The van der Waals surface area contributed by atoms with Crippen LogP contribution >= 0.6 is 15.9 Å². The highest BCUT2D eigenvalue weighted by Gasteiger charge is 2.19. The van der Waals surface area contributed by atoms with Gasteiger partial charge in [0, 0.05) is 12.7 Å². The van der Waals surface area contributed by atoms with Gasteiger partial charge in [0.15, 0.2) is 12.5 Å². The molecule has 0 spiro atoms. The minimum Gasteiger partial charge on any atom is -0.356 e. The molecular weight excluding hydrogens is 248 g/mol. The molecular formula is C9H11BrN2O2. The minimum atomic E-state index is -0.0215. The fourth-order valence-electron chi connectivity index (χ4n) is 1.57. The van der Waals surface area contributed by atoms with Gasteiger partial charge < -0.3 is 4.74 Å². The highest BCUT2D eigenvalue weighted by Crippen LogP contribution is 2.25. The SMILES string of the molecule is O=Cc1cc(Br)n(C2CCCCO2)n1. The summed E-state index contributed by atoms with van der Waals surface area (Å²) in [6, 6.07) is 1.70. The maximum atomic E-state index is 10.5. The number of aldehydes is 1. The average molecular weight is 259 g/mol. The standard InChI is InChI=1S/C9H11BrN2O2/c10-8-5-7(6-13)11-12(8)9-3-1-2-4-14-9/h5-6,9H,1-4H2. The molecule has 2 heterocycles. The lowest BCUT2D eigenvalue weighted by molar-refractivity contribution is -0.0409. The van der Waals surface area contributed by atoms with Crippen LogP contribution in [0.15, 0.2) is 10.7 Å². The largest absolute Gasteiger partial charge is 0.356 e. The molecule has 14 heavy (non-hydrogen) atoms. The van der Waals surface area contributed by atoms with Crippen LogP contribution in [-0.2, 0) is 4.74 Å². The summed E-state index contributed by atoms with van der Waals surface area (Å²) in [6.45, 7) is 0.771. The van der Waals surface area contributed by atoms with Crippen LogP contribution in [0.1, 0.15) is 36.0 Å². The van der Waals surface area contributed by atoms with Gasteiger partial charge in [-0.3, -0.25) is 4.79 Å². The Balaban J connectivity index is 2.20. The second kappa shape index (κ2) is 4.23. The first-order chi connectivity index (χ1) is 6.81. The first-order valence-electron chi connectivity index (χ1n) is 4.63. The van der Waals surface area contributed by atoms with Gasteiger partial charge in [-0.25, -0.2) is 4.68 Å². The molecule has 0 amide bonds. The average Bonchev–Trinajstić information content (AvgIpc) is 2.61. The second-order valence-electron chi connectivity index (χ2n) is 3.28. The van der Waals surface area contributed by atoms with Gasteiger partial charge in [-0.15, -0.1) is 0 Å². The predicted molar refractivity (Wildman–Crippen MR) is 54.2 cm³/mol. The number of nitrogens with zero attached hydrogens (tertiary/aromatic N) is 2. The Morgan fingerprint density at radius 1 is 1.64 bits per heavy atom. The molecule has 0 radical (unpaired) electrons. The third-order valence-electron chi connectivity index (χ3n) is 2.26. The molecule has 2 rings (SSSR count). The van der Waals surface area contributed by atoms with Gasteiger partial charge in [0.2, 0.25) is 0 Å². The smallest absolute Gasteiger partial charge is 0.170 e. The van der Waals surface area contributed by atoms with Crippen LogP contribution in [0.4, 0.5) is 0 Å². The van der Waals surface area contributed by atoms with E-state index in [0.29, 0.717) is 5.69 Å². The van der Waals surface area contributed by atoms with Gasteiger partial charge in [0.05, 0.1) is 0 Å². The summed E-state index contributed by atoms with van der Waals surface area (Å²) in [6.07, 6.45) is 3.93. The van der Waals surface area contributed by atoms with Crippen LogP contribution in [0, 0.1) is 0 Å². The van der Waals surface area contributed by atoms with Gasteiger partial charge in [-0.05, 0) is 35.2 Å². The van der Waals surface area contributed by atoms with E-state index < -0.39 is 0 Å². The fraction of sp³-hybridized carbons (Fsp3) is 0.556. The van der Waals surface area contributed by atoms with Crippen molar-refractivity contribution < 1.29 is 9.53 Å².